The van der Waals surface area contributed by atoms with Crippen molar-refractivity contribution in [3.63, 3.8) is 0 Å². The molecule has 0 radical (unpaired) electrons. The largest absolute Gasteiger partial charge is 0.391 e. The van der Waals surface area contributed by atoms with Crippen molar-refractivity contribution in [2.45, 2.75) is 32.3 Å². The van der Waals surface area contributed by atoms with E-state index in [1.807, 2.05) is 36.4 Å². The van der Waals surface area contributed by atoms with Crippen LogP contribution in [0.2, 0.25) is 0 Å². The molecule has 23 heavy (non-hydrogen) atoms. The second-order valence-electron chi connectivity index (χ2n) is 5.99. The lowest BCUT2D eigenvalue weighted by molar-refractivity contribution is 0.153. The Morgan fingerprint density at radius 3 is 2.74 bits per heavy atom. The summed E-state index contributed by atoms with van der Waals surface area (Å²) in [4.78, 5) is 10.9. The van der Waals surface area contributed by atoms with Crippen molar-refractivity contribution in [2.24, 2.45) is 0 Å². The predicted molar refractivity (Wildman–Crippen MR) is 89.0 cm³/mol. The van der Waals surface area contributed by atoms with Crippen molar-refractivity contribution >= 4 is 5.95 Å². The summed E-state index contributed by atoms with van der Waals surface area (Å²) in [6.45, 7) is 3.50. The van der Waals surface area contributed by atoms with Gasteiger partial charge in [0.25, 0.3) is 0 Å². The van der Waals surface area contributed by atoms with E-state index in [9.17, 15) is 5.11 Å². The molecule has 5 heteroatoms. The van der Waals surface area contributed by atoms with Crippen LogP contribution in [0.5, 0.6) is 0 Å². The number of anilines is 1. The lowest BCUT2D eigenvalue weighted by Gasteiger charge is -2.29. The van der Waals surface area contributed by atoms with E-state index in [2.05, 4.69) is 22.1 Å². The standard InChI is InChI=1S/C18H20N4O/c1-13-9-15(5-4-14(13)6-7-19)16-10-20-18(21-11-16)22-8-2-3-17(23)12-22/h4-5,9-11,17,23H,2-3,6,8,12H2,1H3. The lowest BCUT2D eigenvalue weighted by Crippen LogP contribution is -2.39. The summed E-state index contributed by atoms with van der Waals surface area (Å²) in [7, 11) is 0. The van der Waals surface area contributed by atoms with E-state index in [0.717, 1.165) is 41.6 Å². The van der Waals surface area contributed by atoms with Crippen LogP contribution in [0.25, 0.3) is 11.1 Å². The van der Waals surface area contributed by atoms with Crippen molar-refractivity contribution in [2.75, 3.05) is 18.0 Å². The van der Waals surface area contributed by atoms with Gasteiger partial charge in [-0.25, -0.2) is 9.97 Å². The van der Waals surface area contributed by atoms with Crippen LogP contribution in [-0.4, -0.2) is 34.3 Å². The highest BCUT2D eigenvalue weighted by molar-refractivity contribution is 5.63. The Hall–Kier alpha value is -2.45. The number of aliphatic hydroxyl groups excluding tert-OH is 1. The minimum Gasteiger partial charge on any atom is -0.391 e. The fourth-order valence-corrected chi connectivity index (χ4v) is 2.93. The first kappa shape index (κ1) is 15.4. The highest BCUT2D eigenvalue weighted by atomic mass is 16.3. The van der Waals surface area contributed by atoms with Crippen LogP contribution in [0.3, 0.4) is 0 Å². The number of nitrogens with zero attached hydrogens (tertiary/aromatic N) is 4. The zero-order valence-corrected chi connectivity index (χ0v) is 13.2. The van der Waals surface area contributed by atoms with Gasteiger partial charge in [0, 0.05) is 31.0 Å². The Balaban J connectivity index is 1.79. The fraction of sp³-hybridized carbons (Fsp3) is 0.389. The molecular formula is C18H20N4O. The molecule has 1 aliphatic heterocycles. The Kier molecular flexibility index (Phi) is 4.54. The molecule has 3 rings (SSSR count). The molecular weight excluding hydrogens is 288 g/mol. The molecule has 1 aliphatic rings. The van der Waals surface area contributed by atoms with Crippen molar-refractivity contribution in [3.8, 4) is 17.2 Å². The summed E-state index contributed by atoms with van der Waals surface area (Å²) < 4.78 is 0. The van der Waals surface area contributed by atoms with Crippen LogP contribution < -0.4 is 4.90 Å². The first-order valence-corrected chi connectivity index (χ1v) is 7.89. The van der Waals surface area contributed by atoms with Gasteiger partial charge in [0.2, 0.25) is 5.95 Å². The first-order chi connectivity index (χ1) is 11.2. The zero-order chi connectivity index (χ0) is 16.2. The number of aromatic nitrogens is 2. The third-order valence-electron chi connectivity index (χ3n) is 4.26. The molecule has 0 bridgehead atoms. The summed E-state index contributed by atoms with van der Waals surface area (Å²) in [5.41, 5.74) is 4.16. The van der Waals surface area contributed by atoms with Gasteiger partial charge in [-0.1, -0.05) is 18.2 Å². The maximum absolute atomic E-state index is 9.75. The molecule has 2 heterocycles. The summed E-state index contributed by atoms with van der Waals surface area (Å²) in [5, 5.41) is 18.6. The Bertz CT molecular complexity index is 721. The number of aryl methyl sites for hydroxylation is 1. The number of hydrogen-bond donors (Lipinski definition) is 1. The molecule has 1 aromatic carbocycles. The molecule has 1 unspecified atom stereocenters. The van der Waals surface area contributed by atoms with Crippen LogP contribution in [0.1, 0.15) is 24.0 Å². The molecule has 1 fully saturated rings. The SMILES string of the molecule is Cc1cc(-c2cnc(N3CCCC(O)C3)nc2)ccc1CC#N. The zero-order valence-electron chi connectivity index (χ0n) is 13.2. The quantitative estimate of drug-likeness (QED) is 0.943. The molecule has 5 nitrogen and oxygen atoms in total. The molecule has 1 atom stereocenters. The molecule has 0 saturated carbocycles. The van der Waals surface area contributed by atoms with E-state index in [4.69, 9.17) is 5.26 Å². The van der Waals surface area contributed by atoms with E-state index in [0.29, 0.717) is 18.9 Å². The van der Waals surface area contributed by atoms with Crippen molar-refractivity contribution in [3.05, 3.63) is 41.7 Å². The maximum Gasteiger partial charge on any atom is 0.225 e. The van der Waals surface area contributed by atoms with Crippen LogP contribution in [0.4, 0.5) is 5.95 Å². The highest BCUT2D eigenvalue weighted by Gasteiger charge is 2.19. The number of nitriles is 1. The van der Waals surface area contributed by atoms with Gasteiger partial charge in [-0.3, -0.25) is 0 Å². The molecule has 0 amide bonds. The third-order valence-corrected chi connectivity index (χ3v) is 4.26. The maximum atomic E-state index is 9.75. The summed E-state index contributed by atoms with van der Waals surface area (Å²) in [6.07, 6.45) is 5.60. The average Bonchev–Trinajstić information content (AvgIpc) is 2.57. The van der Waals surface area contributed by atoms with Crippen LogP contribution in [0, 0.1) is 18.3 Å². The predicted octanol–water partition coefficient (Wildman–Crippen LogP) is 2.48. The number of piperidine rings is 1. The molecule has 0 spiro atoms. The minimum absolute atomic E-state index is 0.289. The normalized spacial score (nSPS) is 17.8. The highest BCUT2D eigenvalue weighted by Crippen LogP contribution is 2.23. The van der Waals surface area contributed by atoms with Gasteiger partial charge in [0.1, 0.15) is 0 Å². The van der Waals surface area contributed by atoms with Crippen molar-refractivity contribution < 1.29 is 5.11 Å². The minimum atomic E-state index is -0.289. The summed E-state index contributed by atoms with van der Waals surface area (Å²) >= 11 is 0. The topological polar surface area (TPSA) is 73.0 Å². The van der Waals surface area contributed by atoms with Gasteiger partial charge >= 0.3 is 0 Å². The number of benzene rings is 1. The molecule has 0 aliphatic carbocycles. The number of hydrogen-bond acceptors (Lipinski definition) is 5. The van der Waals surface area contributed by atoms with Gasteiger partial charge in [0.15, 0.2) is 0 Å². The van der Waals surface area contributed by atoms with Crippen LogP contribution in [0.15, 0.2) is 30.6 Å². The third kappa shape index (κ3) is 3.49. The first-order valence-electron chi connectivity index (χ1n) is 7.89. The molecule has 1 N–H and O–H groups in total. The lowest BCUT2D eigenvalue weighted by atomic mass is 10.0. The smallest absolute Gasteiger partial charge is 0.225 e. The molecule has 118 valence electrons. The molecule has 2 aromatic rings. The Morgan fingerprint density at radius 1 is 1.30 bits per heavy atom. The van der Waals surface area contributed by atoms with Gasteiger partial charge < -0.3 is 10.0 Å². The van der Waals surface area contributed by atoms with Gasteiger partial charge in [0.05, 0.1) is 18.6 Å². The molecule has 1 aromatic heterocycles. The monoisotopic (exact) mass is 308 g/mol. The van der Waals surface area contributed by atoms with Gasteiger partial charge in [-0.15, -0.1) is 0 Å². The second kappa shape index (κ2) is 6.76. The van der Waals surface area contributed by atoms with E-state index >= 15 is 0 Å². The average molecular weight is 308 g/mol. The van der Waals surface area contributed by atoms with Gasteiger partial charge in [-0.05, 0) is 36.5 Å². The van der Waals surface area contributed by atoms with E-state index in [1.54, 1.807) is 0 Å². The van der Waals surface area contributed by atoms with Crippen molar-refractivity contribution in [1.29, 1.82) is 5.26 Å². The van der Waals surface area contributed by atoms with Crippen LogP contribution >= 0.6 is 0 Å². The summed E-state index contributed by atoms with van der Waals surface area (Å²) in [6, 6.07) is 8.24. The van der Waals surface area contributed by atoms with Gasteiger partial charge in [-0.2, -0.15) is 5.26 Å². The van der Waals surface area contributed by atoms with E-state index < -0.39 is 0 Å². The summed E-state index contributed by atoms with van der Waals surface area (Å²) in [5.74, 6) is 0.672. The number of rotatable bonds is 3. The Labute approximate surface area is 136 Å². The fourth-order valence-electron chi connectivity index (χ4n) is 2.93. The molecule has 1 saturated heterocycles. The Morgan fingerprint density at radius 2 is 2.09 bits per heavy atom. The van der Waals surface area contributed by atoms with Crippen molar-refractivity contribution in [1.82, 2.24) is 9.97 Å². The van der Waals surface area contributed by atoms with E-state index in [1.165, 1.54) is 0 Å². The van der Waals surface area contributed by atoms with E-state index in [-0.39, 0.29) is 6.10 Å². The van der Waals surface area contributed by atoms with Crippen LogP contribution in [-0.2, 0) is 6.42 Å². The number of β-amino-alcohol motifs (C(OH)–C–C–N with tert-alkyl or cyclic N) is 1. The number of aliphatic hydroxyl groups is 1. The second-order valence-corrected chi connectivity index (χ2v) is 5.99.